The van der Waals surface area contributed by atoms with Gasteiger partial charge < -0.3 is 10.4 Å². The summed E-state index contributed by atoms with van der Waals surface area (Å²) in [7, 11) is 0. The van der Waals surface area contributed by atoms with Crippen LogP contribution in [0.2, 0.25) is 0 Å². The Kier molecular flexibility index (Phi) is 3.38. The van der Waals surface area contributed by atoms with Crippen LogP contribution in [-0.2, 0) is 11.2 Å². The molecule has 1 amide bonds. The molecule has 0 aliphatic heterocycles. The van der Waals surface area contributed by atoms with E-state index in [1.165, 1.54) is 0 Å². The fourth-order valence-electron chi connectivity index (χ4n) is 1.77. The number of hydrogen-bond donors (Lipinski definition) is 2. The Morgan fingerprint density at radius 2 is 2.40 bits per heavy atom. The molecular weight excluding hydrogens is 210 g/mol. The van der Waals surface area contributed by atoms with E-state index >= 15 is 0 Å². The van der Waals surface area contributed by atoms with E-state index in [-0.39, 0.29) is 12.0 Å². The molecule has 0 aromatic carbocycles. The van der Waals surface area contributed by atoms with Crippen molar-refractivity contribution >= 4 is 17.2 Å². The van der Waals surface area contributed by atoms with E-state index < -0.39 is 0 Å². The summed E-state index contributed by atoms with van der Waals surface area (Å²) in [5.41, 5.74) is 1.08. The first kappa shape index (κ1) is 10.6. The second-order valence-electron chi connectivity index (χ2n) is 4.10. The molecule has 1 saturated carbocycles. The lowest BCUT2D eigenvalue weighted by Crippen LogP contribution is -2.38. The Labute approximate surface area is 93.1 Å². The highest BCUT2D eigenvalue weighted by Gasteiger charge is 2.26. The highest BCUT2D eigenvalue weighted by Crippen LogP contribution is 2.26. The van der Waals surface area contributed by atoms with Gasteiger partial charge in [-0.15, -0.1) is 0 Å². The maximum Gasteiger partial charge on any atom is 0.224 e. The zero-order valence-electron chi connectivity index (χ0n) is 8.48. The van der Waals surface area contributed by atoms with Crippen molar-refractivity contribution in [2.45, 2.75) is 25.4 Å². The lowest BCUT2D eigenvalue weighted by Gasteiger charge is -2.31. The number of amides is 1. The van der Waals surface area contributed by atoms with E-state index in [1.807, 2.05) is 16.8 Å². The fraction of sp³-hybridized carbons (Fsp3) is 0.545. The summed E-state index contributed by atoms with van der Waals surface area (Å²) in [4.78, 5) is 11.5. The monoisotopic (exact) mass is 225 g/mol. The predicted molar refractivity (Wildman–Crippen MR) is 59.8 cm³/mol. The van der Waals surface area contributed by atoms with E-state index in [2.05, 4.69) is 5.32 Å². The lowest BCUT2D eigenvalue weighted by atomic mass is 9.82. The maximum absolute atomic E-state index is 11.5. The second kappa shape index (κ2) is 4.77. The highest BCUT2D eigenvalue weighted by molar-refractivity contribution is 7.07. The van der Waals surface area contributed by atoms with Gasteiger partial charge in [0.2, 0.25) is 5.91 Å². The molecule has 2 N–H and O–H groups in total. The summed E-state index contributed by atoms with van der Waals surface area (Å²) in [6, 6.07) is 1.97. The predicted octanol–water partition coefficient (Wildman–Crippen LogP) is 1.18. The molecular formula is C11H15NO2S. The zero-order valence-corrected chi connectivity index (χ0v) is 9.30. The molecule has 1 aliphatic rings. The van der Waals surface area contributed by atoms with Crippen LogP contribution in [0, 0.1) is 5.92 Å². The van der Waals surface area contributed by atoms with Crippen LogP contribution >= 0.6 is 11.3 Å². The van der Waals surface area contributed by atoms with Crippen LogP contribution in [0.5, 0.6) is 0 Å². The van der Waals surface area contributed by atoms with E-state index in [9.17, 15) is 4.79 Å². The Hall–Kier alpha value is -0.870. The summed E-state index contributed by atoms with van der Waals surface area (Å²) >= 11 is 1.61. The smallest absolute Gasteiger partial charge is 0.224 e. The highest BCUT2D eigenvalue weighted by atomic mass is 32.1. The number of nitrogens with one attached hydrogen (secondary N) is 1. The number of thiophene rings is 1. The van der Waals surface area contributed by atoms with Crippen molar-refractivity contribution in [3.63, 3.8) is 0 Å². The molecule has 0 unspecified atom stereocenters. The van der Waals surface area contributed by atoms with Gasteiger partial charge in [-0.25, -0.2) is 0 Å². The molecule has 3 nitrogen and oxygen atoms in total. The third kappa shape index (κ3) is 3.04. The minimum absolute atomic E-state index is 0.0785. The first-order valence-corrected chi connectivity index (χ1v) is 6.14. The Balaban J connectivity index is 1.65. The Morgan fingerprint density at radius 3 is 3.00 bits per heavy atom. The number of carbonyl (C=O) groups is 1. The van der Waals surface area contributed by atoms with Crippen LogP contribution in [0.4, 0.5) is 0 Å². The molecule has 15 heavy (non-hydrogen) atoms. The first-order valence-electron chi connectivity index (χ1n) is 5.20. The number of carbonyl (C=O) groups excluding carboxylic acids is 1. The van der Waals surface area contributed by atoms with Gasteiger partial charge in [0, 0.05) is 6.54 Å². The fourth-order valence-corrected chi connectivity index (χ4v) is 2.44. The third-order valence-electron chi connectivity index (χ3n) is 2.74. The average molecular weight is 225 g/mol. The van der Waals surface area contributed by atoms with Crippen LogP contribution in [0.15, 0.2) is 16.8 Å². The van der Waals surface area contributed by atoms with Gasteiger partial charge in [-0.1, -0.05) is 0 Å². The van der Waals surface area contributed by atoms with Crippen molar-refractivity contribution in [1.82, 2.24) is 5.32 Å². The van der Waals surface area contributed by atoms with Gasteiger partial charge in [-0.3, -0.25) is 4.79 Å². The normalized spacial score (nSPS) is 24.6. The average Bonchev–Trinajstić information content (AvgIpc) is 2.63. The van der Waals surface area contributed by atoms with Gasteiger partial charge >= 0.3 is 0 Å². The van der Waals surface area contributed by atoms with Crippen molar-refractivity contribution in [3.8, 4) is 0 Å². The van der Waals surface area contributed by atoms with Crippen molar-refractivity contribution in [2.24, 2.45) is 5.92 Å². The van der Waals surface area contributed by atoms with Gasteiger partial charge in [-0.05, 0) is 41.1 Å². The van der Waals surface area contributed by atoms with Gasteiger partial charge in [0.25, 0.3) is 0 Å². The van der Waals surface area contributed by atoms with Crippen molar-refractivity contribution in [1.29, 1.82) is 0 Å². The van der Waals surface area contributed by atoms with Gasteiger partial charge in [-0.2, -0.15) is 11.3 Å². The van der Waals surface area contributed by atoms with Crippen molar-refractivity contribution < 1.29 is 9.90 Å². The quantitative estimate of drug-likeness (QED) is 0.808. The number of hydrogen-bond acceptors (Lipinski definition) is 3. The van der Waals surface area contributed by atoms with Crippen LogP contribution in [-0.4, -0.2) is 23.7 Å². The van der Waals surface area contributed by atoms with Crippen LogP contribution in [0.25, 0.3) is 0 Å². The maximum atomic E-state index is 11.5. The number of aliphatic hydroxyl groups excluding tert-OH is 1. The molecule has 1 aromatic heterocycles. The summed E-state index contributed by atoms with van der Waals surface area (Å²) < 4.78 is 0. The Morgan fingerprint density at radius 1 is 1.60 bits per heavy atom. The van der Waals surface area contributed by atoms with Crippen molar-refractivity contribution in [2.75, 3.05) is 6.54 Å². The zero-order chi connectivity index (χ0) is 10.7. The van der Waals surface area contributed by atoms with Crippen LogP contribution in [0.1, 0.15) is 18.4 Å². The molecule has 0 atom stereocenters. The Bertz CT molecular complexity index is 317. The summed E-state index contributed by atoms with van der Waals surface area (Å²) in [5, 5.41) is 15.9. The molecule has 1 aromatic rings. The summed E-state index contributed by atoms with van der Waals surface area (Å²) in [6.07, 6.45) is 2.00. The molecule has 0 radical (unpaired) electrons. The molecule has 82 valence electrons. The molecule has 1 aliphatic carbocycles. The minimum atomic E-state index is -0.135. The van der Waals surface area contributed by atoms with Crippen molar-refractivity contribution in [3.05, 3.63) is 22.4 Å². The second-order valence-corrected chi connectivity index (χ2v) is 4.88. The molecule has 1 fully saturated rings. The van der Waals surface area contributed by atoms with Crippen LogP contribution in [0.3, 0.4) is 0 Å². The van der Waals surface area contributed by atoms with Crippen LogP contribution < -0.4 is 5.32 Å². The number of aliphatic hydroxyl groups is 1. The summed E-state index contributed by atoms with van der Waals surface area (Å²) in [6.45, 7) is 0.708. The standard InChI is InChI=1S/C11H15NO2S/c13-10-3-9(4-10)6-12-11(14)5-8-1-2-15-7-8/h1-2,7,9-10,13H,3-6H2,(H,12,14). The van der Waals surface area contributed by atoms with Gasteiger partial charge in [0.15, 0.2) is 0 Å². The molecule has 0 spiro atoms. The van der Waals surface area contributed by atoms with Gasteiger partial charge in [0.1, 0.15) is 0 Å². The lowest BCUT2D eigenvalue weighted by molar-refractivity contribution is -0.121. The van der Waals surface area contributed by atoms with E-state index in [0.717, 1.165) is 18.4 Å². The molecule has 2 rings (SSSR count). The largest absolute Gasteiger partial charge is 0.393 e. The van der Waals surface area contributed by atoms with E-state index in [4.69, 9.17) is 5.11 Å². The van der Waals surface area contributed by atoms with E-state index in [1.54, 1.807) is 11.3 Å². The third-order valence-corrected chi connectivity index (χ3v) is 3.48. The molecule has 4 heteroatoms. The first-order chi connectivity index (χ1) is 7.24. The topological polar surface area (TPSA) is 49.3 Å². The molecule has 1 heterocycles. The minimum Gasteiger partial charge on any atom is -0.393 e. The number of rotatable bonds is 4. The van der Waals surface area contributed by atoms with E-state index in [0.29, 0.717) is 18.9 Å². The molecule has 0 saturated heterocycles. The van der Waals surface area contributed by atoms with Gasteiger partial charge in [0.05, 0.1) is 12.5 Å². The molecule has 0 bridgehead atoms. The summed E-state index contributed by atoms with van der Waals surface area (Å²) in [5.74, 6) is 0.557. The SMILES string of the molecule is O=C(Cc1ccsc1)NCC1CC(O)C1.